The smallest absolute Gasteiger partial charge is 0.251 e. The van der Waals surface area contributed by atoms with Gasteiger partial charge in [0, 0.05) is 11.5 Å². The van der Waals surface area contributed by atoms with Crippen LogP contribution in [0, 0.1) is 13.8 Å². The van der Waals surface area contributed by atoms with Crippen molar-refractivity contribution >= 4 is 11.8 Å². The van der Waals surface area contributed by atoms with Crippen LogP contribution in [0.25, 0.3) is 0 Å². The van der Waals surface area contributed by atoms with Gasteiger partial charge in [-0.15, -0.1) is 0 Å². The van der Waals surface area contributed by atoms with E-state index in [0.717, 1.165) is 22.3 Å². The first-order valence-corrected chi connectivity index (χ1v) is 9.24. The normalized spacial score (nSPS) is 11.8. The minimum atomic E-state index is -0.877. The van der Waals surface area contributed by atoms with E-state index in [9.17, 15) is 9.59 Å². The Morgan fingerprint density at radius 3 is 1.68 bits per heavy atom. The van der Waals surface area contributed by atoms with Crippen LogP contribution in [-0.2, 0) is 4.79 Å². The molecule has 0 fully saturated rings. The maximum absolute atomic E-state index is 12.9. The molecule has 142 valence electrons. The molecule has 0 aromatic heterocycles. The Morgan fingerprint density at radius 2 is 1.25 bits per heavy atom. The van der Waals surface area contributed by atoms with Crippen LogP contribution >= 0.6 is 0 Å². The fourth-order valence-electron chi connectivity index (χ4n) is 3.55. The van der Waals surface area contributed by atoms with E-state index in [0.29, 0.717) is 5.56 Å². The van der Waals surface area contributed by atoms with Crippen LogP contribution in [0.4, 0.5) is 0 Å². The van der Waals surface area contributed by atoms with Gasteiger partial charge in [-0.25, -0.2) is 0 Å². The van der Waals surface area contributed by atoms with Gasteiger partial charge in [-0.1, -0.05) is 77.9 Å². The van der Waals surface area contributed by atoms with Crippen molar-refractivity contribution < 1.29 is 9.59 Å². The third-order valence-corrected chi connectivity index (χ3v) is 4.73. The van der Waals surface area contributed by atoms with Crippen LogP contribution in [0.3, 0.4) is 0 Å². The molecule has 4 heteroatoms. The van der Waals surface area contributed by atoms with Gasteiger partial charge in [0.2, 0.25) is 5.91 Å². The van der Waals surface area contributed by atoms with Crippen molar-refractivity contribution in [2.24, 2.45) is 5.73 Å². The van der Waals surface area contributed by atoms with Crippen molar-refractivity contribution in [2.45, 2.75) is 25.8 Å². The lowest BCUT2D eigenvalue weighted by Gasteiger charge is -2.27. The molecule has 0 spiro atoms. The van der Waals surface area contributed by atoms with E-state index in [1.807, 2.05) is 80.6 Å². The van der Waals surface area contributed by atoms with Crippen molar-refractivity contribution in [1.29, 1.82) is 0 Å². The van der Waals surface area contributed by atoms with Gasteiger partial charge in [0.15, 0.2) is 0 Å². The first kappa shape index (κ1) is 19.4. The topological polar surface area (TPSA) is 72.2 Å². The molecule has 0 unspecified atom stereocenters. The summed E-state index contributed by atoms with van der Waals surface area (Å²) in [6, 6.07) is 24.0. The second-order valence-electron chi connectivity index (χ2n) is 7.03. The van der Waals surface area contributed by atoms with Gasteiger partial charge >= 0.3 is 0 Å². The summed E-state index contributed by atoms with van der Waals surface area (Å²) in [6.45, 7) is 3.87. The van der Waals surface area contributed by atoms with Gasteiger partial charge < -0.3 is 11.1 Å². The number of hydrogen-bond donors (Lipinski definition) is 2. The zero-order valence-electron chi connectivity index (χ0n) is 16.1. The van der Waals surface area contributed by atoms with Crippen LogP contribution in [0.2, 0.25) is 0 Å². The molecule has 0 heterocycles. The molecule has 0 aliphatic heterocycles. The quantitative estimate of drug-likeness (QED) is 0.692. The van der Waals surface area contributed by atoms with Crippen LogP contribution in [0.15, 0.2) is 78.9 Å². The average Bonchev–Trinajstić information content (AvgIpc) is 2.68. The number of amides is 2. The van der Waals surface area contributed by atoms with Crippen LogP contribution in [-0.4, -0.2) is 17.9 Å². The van der Waals surface area contributed by atoms with Gasteiger partial charge in [-0.3, -0.25) is 9.59 Å². The molecule has 3 aromatic carbocycles. The molecule has 2 amide bonds. The number of benzene rings is 3. The van der Waals surface area contributed by atoms with Crippen molar-refractivity contribution in [2.75, 3.05) is 0 Å². The summed E-state index contributed by atoms with van der Waals surface area (Å²) in [6.07, 6.45) is 0. The zero-order valence-corrected chi connectivity index (χ0v) is 16.1. The Balaban J connectivity index is 2.00. The third-order valence-electron chi connectivity index (χ3n) is 4.73. The van der Waals surface area contributed by atoms with E-state index < -0.39 is 11.9 Å². The van der Waals surface area contributed by atoms with E-state index >= 15 is 0 Å². The second-order valence-corrected chi connectivity index (χ2v) is 7.03. The summed E-state index contributed by atoms with van der Waals surface area (Å²) in [5, 5.41) is 2.87. The number of primary amides is 1. The average molecular weight is 372 g/mol. The van der Waals surface area contributed by atoms with Gasteiger partial charge in [0.05, 0.1) is 0 Å². The first-order chi connectivity index (χ1) is 13.5. The lowest BCUT2D eigenvalue weighted by Crippen LogP contribution is -2.48. The lowest BCUT2D eigenvalue weighted by molar-refractivity contribution is -0.120. The van der Waals surface area contributed by atoms with E-state index in [4.69, 9.17) is 5.73 Å². The summed E-state index contributed by atoms with van der Waals surface area (Å²) >= 11 is 0. The number of nitrogens with one attached hydrogen (secondary N) is 1. The lowest BCUT2D eigenvalue weighted by atomic mass is 9.84. The molecule has 0 radical (unpaired) electrons. The van der Waals surface area contributed by atoms with E-state index in [1.54, 1.807) is 12.1 Å². The zero-order chi connectivity index (χ0) is 20.1. The molecule has 4 nitrogen and oxygen atoms in total. The number of carbonyl (C=O) groups excluding carboxylic acids is 2. The van der Waals surface area contributed by atoms with Gasteiger partial charge in [0.1, 0.15) is 6.04 Å². The Morgan fingerprint density at radius 1 is 0.786 bits per heavy atom. The molecule has 0 saturated carbocycles. The summed E-state index contributed by atoms with van der Waals surface area (Å²) < 4.78 is 0. The van der Waals surface area contributed by atoms with Crippen molar-refractivity contribution in [1.82, 2.24) is 5.32 Å². The largest absolute Gasteiger partial charge is 0.368 e. The fourth-order valence-corrected chi connectivity index (χ4v) is 3.55. The Kier molecular flexibility index (Phi) is 5.90. The summed E-state index contributed by atoms with van der Waals surface area (Å²) in [5.74, 6) is -1.27. The highest BCUT2D eigenvalue weighted by molar-refractivity contribution is 5.98. The highest BCUT2D eigenvalue weighted by Crippen LogP contribution is 2.28. The molecule has 0 aliphatic rings. The molecule has 3 N–H and O–H groups in total. The van der Waals surface area contributed by atoms with Crippen LogP contribution in [0.5, 0.6) is 0 Å². The van der Waals surface area contributed by atoms with Gasteiger partial charge in [0.25, 0.3) is 5.91 Å². The minimum absolute atomic E-state index is 0.313. The molecule has 0 bridgehead atoms. The summed E-state index contributed by atoms with van der Waals surface area (Å²) in [4.78, 5) is 25.3. The molecule has 0 aliphatic carbocycles. The molecule has 0 saturated heterocycles. The number of rotatable bonds is 6. The minimum Gasteiger partial charge on any atom is -0.368 e. The number of hydrogen-bond acceptors (Lipinski definition) is 2. The van der Waals surface area contributed by atoms with Crippen LogP contribution < -0.4 is 11.1 Å². The number of carbonyl (C=O) groups is 2. The van der Waals surface area contributed by atoms with Crippen molar-refractivity contribution in [3.05, 3.63) is 107 Å². The second kappa shape index (κ2) is 8.53. The van der Waals surface area contributed by atoms with Gasteiger partial charge in [-0.05, 0) is 37.1 Å². The Bertz CT molecular complexity index is 909. The highest BCUT2D eigenvalue weighted by Gasteiger charge is 2.31. The Hall–Kier alpha value is -3.40. The van der Waals surface area contributed by atoms with E-state index in [1.165, 1.54) is 0 Å². The summed E-state index contributed by atoms with van der Waals surface area (Å²) in [7, 11) is 0. The monoisotopic (exact) mass is 372 g/mol. The molecular formula is C24H24N2O2. The molecule has 28 heavy (non-hydrogen) atoms. The Labute approximate surface area is 165 Å². The van der Waals surface area contributed by atoms with Crippen molar-refractivity contribution in [3.63, 3.8) is 0 Å². The SMILES string of the molecule is Cc1cc(C)cc(C(=O)N[C@@H](C(N)=O)C(c2ccccc2)c2ccccc2)c1. The third kappa shape index (κ3) is 4.46. The maximum atomic E-state index is 12.9. The maximum Gasteiger partial charge on any atom is 0.251 e. The standard InChI is InChI=1S/C24H24N2O2/c1-16-13-17(2)15-20(14-16)24(28)26-22(23(25)27)21(18-9-5-3-6-10-18)19-11-7-4-8-12-19/h3-15,21-22H,1-2H3,(H2,25,27)(H,26,28)/t22-/m1/s1. The molecular weight excluding hydrogens is 348 g/mol. The highest BCUT2D eigenvalue weighted by atomic mass is 16.2. The predicted molar refractivity (Wildman–Crippen MR) is 111 cm³/mol. The molecule has 3 rings (SSSR count). The van der Waals surface area contributed by atoms with Crippen LogP contribution in [0.1, 0.15) is 38.5 Å². The molecule has 3 aromatic rings. The number of nitrogens with two attached hydrogens (primary N) is 1. The van der Waals surface area contributed by atoms with E-state index in [2.05, 4.69) is 5.32 Å². The molecule has 1 atom stereocenters. The first-order valence-electron chi connectivity index (χ1n) is 9.24. The van der Waals surface area contributed by atoms with Crippen molar-refractivity contribution in [3.8, 4) is 0 Å². The fraction of sp³-hybridized carbons (Fsp3) is 0.167. The summed E-state index contributed by atoms with van der Waals surface area (Å²) in [5.41, 5.74) is 10.1. The van der Waals surface area contributed by atoms with E-state index in [-0.39, 0.29) is 11.8 Å². The predicted octanol–water partition coefficient (Wildman–Crippen LogP) is 3.72. The number of aryl methyl sites for hydroxylation is 2. The van der Waals surface area contributed by atoms with Gasteiger partial charge in [-0.2, -0.15) is 0 Å².